The average molecular weight is 397 g/mol. The maximum atomic E-state index is 14.8. The minimum atomic E-state index is -0.569. The molecule has 0 saturated carbocycles. The van der Waals surface area contributed by atoms with Crippen LogP contribution in [0.2, 0.25) is 0 Å². The highest BCUT2D eigenvalue weighted by molar-refractivity contribution is 5.90. The number of rotatable bonds is 5. The first-order chi connectivity index (χ1) is 14.2. The largest absolute Gasteiger partial charge is 0.444 e. The molecule has 0 bridgehead atoms. The number of amides is 1. The zero-order valence-corrected chi connectivity index (χ0v) is 15.7. The summed E-state index contributed by atoms with van der Waals surface area (Å²) in [6.07, 6.45) is 2.48. The number of cyclic esters (lactones) is 1. The SMILES string of the molecule is [N-]=[N+]=NC[C@H]1CN(c2ccc(N3CCN(c4cccnc4)CC3)c(F)c2)C(=O)O1. The van der Waals surface area contributed by atoms with Gasteiger partial charge < -0.3 is 14.5 Å². The van der Waals surface area contributed by atoms with Gasteiger partial charge in [0.25, 0.3) is 0 Å². The molecule has 2 saturated heterocycles. The first kappa shape index (κ1) is 18.8. The predicted molar refractivity (Wildman–Crippen MR) is 107 cm³/mol. The summed E-state index contributed by atoms with van der Waals surface area (Å²) in [5.41, 5.74) is 10.4. The van der Waals surface area contributed by atoms with E-state index in [1.165, 1.54) is 11.0 Å². The molecule has 2 aliphatic rings. The van der Waals surface area contributed by atoms with Crippen molar-refractivity contribution in [3.63, 3.8) is 0 Å². The van der Waals surface area contributed by atoms with Crippen molar-refractivity contribution in [2.24, 2.45) is 5.11 Å². The van der Waals surface area contributed by atoms with E-state index in [-0.39, 0.29) is 18.9 Å². The molecule has 2 aliphatic heterocycles. The first-order valence-electron chi connectivity index (χ1n) is 9.34. The number of ether oxygens (including phenoxy) is 1. The molecule has 29 heavy (non-hydrogen) atoms. The number of carbonyl (C=O) groups is 1. The molecule has 4 rings (SSSR count). The van der Waals surface area contributed by atoms with Crippen LogP contribution in [0, 0.1) is 5.82 Å². The number of carbonyl (C=O) groups excluding carboxylic acids is 1. The summed E-state index contributed by atoms with van der Waals surface area (Å²) in [6.45, 7) is 3.19. The van der Waals surface area contributed by atoms with Crippen molar-refractivity contribution in [3.05, 3.63) is 59.0 Å². The van der Waals surface area contributed by atoms with Gasteiger partial charge in [0, 0.05) is 37.3 Å². The maximum absolute atomic E-state index is 14.8. The van der Waals surface area contributed by atoms with Crippen LogP contribution in [0.3, 0.4) is 0 Å². The highest BCUT2D eigenvalue weighted by atomic mass is 19.1. The standard InChI is InChI=1S/C19H20FN7O2/c20-17-10-14(27-13-16(12-23-24-21)29-19(27)28)3-4-18(17)26-8-6-25(7-9-26)15-2-1-5-22-11-15/h1-5,10-11,16H,6-9,12-13H2/t16-/m0/s1. The second kappa shape index (κ2) is 8.24. The third-order valence-corrected chi connectivity index (χ3v) is 5.10. The van der Waals surface area contributed by atoms with Crippen molar-refractivity contribution in [2.45, 2.75) is 6.10 Å². The molecule has 9 nitrogen and oxygen atoms in total. The van der Waals surface area contributed by atoms with Gasteiger partial charge in [-0.15, -0.1) is 0 Å². The van der Waals surface area contributed by atoms with Gasteiger partial charge in [-0.1, -0.05) is 5.11 Å². The van der Waals surface area contributed by atoms with Crippen LogP contribution in [0.15, 0.2) is 47.8 Å². The van der Waals surface area contributed by atoms with Crippen molar-refractivity contribution < 1.29 is 13.9 Å². The number of halogens is 1. The van der Waals surface area contributed by atoms with E-state index in [0.717, 1.165) is 18.8 Å². The Balaban J connectivity index is 1.42. The number of azide groups is 1. The fourth-order valence-electron chi connectivity index (χ4n) is 3.62. The molecular formula is C19H20FN7O2. The molecule has 1 atom stereocenters. The Kier molecular flexibility index (Phi) is 5.35. The molecule has 1 amide bonds. The van der Waals surface area contributed by atoms with Gasteiger partial charge in [-0.2, -0.15) is 0 Å². The molecule has 10 heteroatoms. The molecule has 1 aromatic heterocycles. The van der Waals surface area contributed by atoms with E-state index >= 15 is 0 Å². The Morgan fingerprint density at radius 1 is 1.21 bits per heavy atom. The van der Waals surface area contributed by atoms with Crippen molar-refractivity contribution in [1.29, 1.82) is 0 Å². The molecule has 0 spiro atoms. The van der Waals surface area contributed by atoms with Crippen molar-refractivity contribution in [1.82, 2.24) is 4.98 Å². The number of hydrogen-bond donors (Lipinski definition) is 0. The lowest BCUT2D eigenvalue weighted by molar-refractivity contribution is 0.145. The lowest BCUT2D eigenvalue weighted by atomic mass is 10.2. The van der Waals surface area contributed by atoms with E-state index in [4.69, 9.17) is 10.3 Å². The Hall–Kier alpha value is -3.52. The third kappa shape index (κ3) is 4.02. The number of hydrogen-bond acceptors (Lipinski definition) is 6. The van der Waals surface area contributed by atoms with Crippen LogP contribution >= 0.6 is 0 Å². The van der Waals surface area contributed by atoms with E-state index in [0.29, 0.717) is 24.5 Å². The number of pyridine rings is 1. The van der Waals surface area contributed by atoms with Gasteiger partial charge in [0.2, 0.25) is 0 Å². The number of piperazine rings is 1. The average Bonchev–Trinajstić information content (AvgIpc) is 3.13. The highest BCUT2D eigenvalue weighted by Crippen LogP contribution is 2.29. The van der Waals surface area contributed by atoms with Crippen LogP contribution in [-0.2, 0) is 4.74 Å². The highest BCUT2D eigenvalue weighted by Gasteiger charge is 2.32. The first-order valence-corrected chi connectivity index (χ1v) is 9.34. The maximum Gasteiger partial charge on any atom is 0.414 e. The smallest absolute Gasteiger partial charge is 0.414 e. The normalized spacial score (nSPS) is 19.1. The molecule has 0 N–H and O–H groups in total. The quantitative estimate of drug-likeness (QED) is 0.438. The minimum absolute atomic E-state index is 0.0561. The van der Waals surface area contributed by atoms with Crippen molar-refractivity contribution in [2.75, 3.05) is 54.0 Å². The van der Waals surface area contributed by atoms with E-state index < -0.39 is 12.2 Å². The number of aromatic nitrogens is 1. The monoisotopic (exact) mass is 397 g/mol. The van der Waals surface area contributed by atoms with E-state index in [9.17, 15) is 9.18 Å². The third-order valence-electron chi connectivity index (χ3n) is 5.10. The zero-order chi connectivity index (χ0) is 20.2. The van der Waals surface area contributed by atoms with Crippen LogP contribution in [0.25, 0.3) is 10.4 Å². The second-order valence-corrected chi connectivity index (χ2v) is 6.85. The van der Waals surface area contributed by atoms with Gasteiger partial charge in [0.1, 0.15) is 11.9 Å². The fourth-order valence-corrected chi connectivity index (χ4v) is 3.62. The Labute approximate surface area is 166 Å². The number of nitrogens with zero attached hydrogens (tertiary/aromatic N) is 7. The molecule has 0 aliphatic carbocycles. The van der Waals surface area contributed by atoms with Gasteiger partial charge in [-0.05, 0) is 35.9 Å². The number of benzene rings is 1. The summed E-state index contributed by atoms with van der Waals surface area (Å²) < 4.78 is 20.0. The van der Waals surface area contributed by atoms with Crippen LogP contribution in [0.1, 0.15) is 0 Å². The summed E-state index contributed by atoms with van der Waals surface area (Å²) in [5.74, 6) is -0.386. The van der Waals surface area contributed by atoms with Gasteiger partial charge in [0.15, 0.2) is 0 Å². The zero-order valence-electron chi connectivity index (χ0n) is 15.7. The van der Waals surface area contributed by atoms with E-state index in [1.54, 1.807) is 18.3 Å². The molecule has 2 aromatic rings. The Morgan fingerprint density at radius 2 is 2.00 bits per heavy atom. The molecule has 2 fully saturated rings. The summed E-state index contributed by atoms with van der Waals surface area (Å²) in [5, 5.41) is 3.43. The van der Waals surface area contributed by atoms with Crippen LogP contribution < -0.4 is 14.7 Å². The van der Waals surface area contributed by atoms with Gasteiger partial charge in [-0.25, -0.2) is 9.18 Å². The lowest BCUT2D eigenvalue weighted by Crippen LogP contribution is -2.46. The van der Waals surface area contributed by atoms with Gasteiger partial charge >= 0.3 is 6.09 Å². The van der Waals surface area contributed by atoms with Crippen LogP contribution in [0.4, 0.5) is 26.2 Å². The molecular weight excluding hydrogens is 377 g/mol. The number of anilines is 3. The summed E-state index contributed by atoms with van der Waals surface area (Å²) in [7, 11) is 0. The molecule has 0 radical (unpaired) electrons. The Morgan fingerprint density at radius 3 is 2.69 bits per heavy atom. The molecule has 150 valence electrons. The fraction of sp³-hybridized carbons (Fsp3) is 0.368. The van der Waals surface area contributed by atoms with Crippen molar-refractivity contribution >= 4 is 23.2 Å². The topological polar surface area (TPSA) is 97.7 Å². The summed E-state index contributed by atoms with van der Waals surface area (Å²) in [6, 6.07) is 8.67. The Bertz CT molecular complexity index is 927. The summed E-state index contributed by atoms with van der Waals surface area (Å²) >= 11 is 0. The van der Waals surface area contributed by atoms with Gasteiger partial charge in [0.05, 0.1) is 36.3 Å². The lowest BCUT2D eigenvalue weighted by Gasteiger charge is -2.37. The van der Waals surface area contributed by atoms with Crippen LogP contribution in [-0.4, -0.2) is 56.4 Å². The molecule has 1 aromatic carbocycles. The molecule has 3 heterocycles. The van der Waals surface area contributed by atoms with Gasteiger partial charge in [-0.3, -0.25) is 9.88 Å². The summed E-state index contributed by atoms with van der Waals surface area (Å²) in [4.78, 5) is 24.4. The van der Waals surface area contributed by atoms with Crippen LogP contribution in [0.5, 0.6) is 0 Å². The predicted octanol–water partition coefficient (Wildman–Crippen LogP) is 3.18. The second-order valence-electron chi connectivity index (χ2n) is 6.85. The van der Waals surface area contributed by atoms with E-state index in [2.05, 4.69) is 19.9 Å². The minimum Gasteiger partial charge on any atom is -0.444 e. The van der Waals surface area contributed by atoms with E-state index in [1.807, 2.05) is 23.2 Å². The molecule has 0 unspecified atom stereocenters. The van der Waals surface area contributed by atoms with Crippen molar-refractivity contribution in [3.8, 4) is 0 Å².